The molecular formula is C18H25N3O3S. The molecule has 1 amide bonds. The topological polar surface area (TPSA) is 87.3 Å². The minimum absolute atomic E-state index is 0.0178. The SMILES string of the molecule is Cc1ccc(NC(=O)C2CC23CCNCC3)cc1S(=O)(=O)NC1CC1. The van der Waals surface area contributed by atoms with Crippen molar-refractivity contribution in [1.29, 1.82) is 0 Å². The monoisotopic (exact) mass is 363 g/mol. The number of amides is 1. The lowest BCUT2D eigenvalue weighted by molar-refractivity contribution is -0.118. The summed E-state index contributed by atoms with van der Waals surface area (Å²) in [4.78, 5) is 12.8. The zero-order valence-electron chi connectivity index (χ0n) is 14.5. The first-order valence-corrected chi connectivity index (χ1v) is 10.5. The fourth-order valence-electron chi connectivity index (χ4n) is 3.88. The molecule has 25 heavy (non-hydrogen) atoms. The number of hydrogen-bond donors (Lipinski definition) is 3. The van der Waals surface area contributed by atoms with Crippen LogP contribution in [0.2, 0.25) is 0 Å². The summed E-state index contributed by atoms with van der Waals surface area (Å²) in [6.07, 6.45) is 4.83. The van der Waals surface area contributed by atoms with Gasteiger partial charge in [-0.1, -0.05) is 6.07 Å². The molecule has 3 fully saturated rings. The summed E-state index contributed by atoms with van der Waals surface area (Å²) in [7, 11) is -3.53. The molecule has 1 unspecified atom stereocenters. The van der Waals surface area contributed by atoms with Gasteiger partial charge in [-0.2, -0.15) is 0 Å². The number of hydrogen-bond acceptors (Lipinski definition) is 4. The number of nitrogens with one attached hydrogen (secondary N) is 3. The van der Waals surface area contributed by atoms with Crippen LogP contribution in [0.3, 0.4) is 0 Å². The zero-order valence-corrected chi connectivity index (χ0v) is 15.3. The molecule has 1 aromatic rings. The van der Waals surface area contributed by atoms with Gasteiger partial charge in [0.1, 0.15) is 0 Å². The molecule has 3 N–H and O–H groups in total. The number of rotatable bonds is 5. The number of sulfonamides is 1. The second kappa shape index (κ2) is 6.07. The molecule has 3 aliphatic rings. The Morgan fingerprint density at radius 1 is 1.24 bits per heavy atom. The number of carbonyl (C=O) groups excluding carboxylic acids is 1. The fraction of sp³-hybridized carbons (Fsp3) is 0.611. The van der Waals surface area contributed by atoms with E-state index in [0.29, 0.717) is 11.3 Å². The van der Waals surface area contributed by atoms with E-state index in [1.54, 1.807) is 25.1 Å². The van der Waals surface area contributed by atoms with Gasteiger partial charge in [-0.15, -0.1) is 0 Å². The Morgan fingerprint density at radius 2 is 1.96 bits per heavy atom. The van der Waals surface area contributed by atoms with Crippen molar-refractivity contribution in [2.45, 2.75) is 50.0 Å². The Kier molecular flexibility index (Phi) is 4.13. The third-order valence-corrected chi connectivity index (χ3v) is 7.41. The molecule has 7 heteroatoms. The Hall–Kier alpha value is -1.44. The summed E-state index contributed by atoms with van der Waals surface area (Å²) < 4.78 is 27.7. The van der Waals surface area contributed by atoms with E-state index in [1.165, 1.54) is 0 Å². The molecule has 2 aliphatic carbocycles. The zero-order chi connectivity index (χ0) is 17.7. The first-order valence-electron chi connectivity index (χ1n) is 9.04. The molecule has 1 heterocycles. The first kappa shape index (κ1) is 17.0. The first-order chi connectivity index (χ1) is 11.9. The van der Waals surface area contributed by atoms with Crippen LogP contribution in [-0.2, 0) is 14.8 Å². The summed E-state index contributed by atoms with van der Waals surface area (Å²) in [5, 5.41) is 6.27. The third-order valence-electron chi connectivity index (χ3n) is 5.75. The van der Waals surface area contributed by atoms with Crippen molar-refractivity contribution in [2.75, 3.05) is 18.4 Å². The van der Waals surface area contributed by atoms with Gasteiger partial charge >= 0.3 is 0 Å². The van der Waals surface area contributed by atoms with Crippen LogP contribution in [-0.4, -0.2) is 33.5 Å². The van der Waals surface area contributed by atoms with Gasteiger partial charge in [0.15, 0.2) is 0 Å². The van der Waals surface area contributed by atoms with Crippen molar-refractivity contribution < 1.29 is 13.2 Å². The number of carbonyl (C=O) groups is 1. The summed E-state index contributed by atoms with van der Waals surface area (Å²) in [5.41, 5.74) is 1.41. The minimum Gasteiger partial charge on any atom is -0.326 e. The Bertz CT molecular complexity index is 796. The van der Waals surface area contributed by atoms with Gasteiger partial charge in [0.2, 0.25) is 15.9 Å². The lowest BCUT2D eigenvalue weighted by atomic mass is 9.92. The van der Waals surface area contributed by atoms with Gasteiger partial charge < -0.3 is 10.6 Å². The van der Waals surface area contributed by atoms with E-state index in [9.17, 15) is 13.2 Å². The number of aryl methyl sites for hydroxylation is 1. The maximum absolute atomic E-state index is 12.6. The normalized spacial score (nSPS) is 24.9. The smallest absolute Gasteiger partial charge is 0.241 e. The van der Waals surface area contributed by atoms with Crippen LogP contribution in [0.1, 0.15) is 37.7 Å². The fourth-order valence-corrected chi connectivity index (χ4v) is 5.45. The molecule has 136 valence electrons. The lowest BCUT2D eigenvalue weighted by Gasteiger charge is -2.23. The van der Waals surface area contributed by atoms with Crippen LogP contribution < -0.4 is 15.4 Å². The van der Waals surface area contributed by atoms with Gasteiger partial charge in [-0.05, 0) is 75.2 Å². The van der Waals surface area contributed by atoms with Crippen LogP contribution in [0, 0.1) is 18.3 Å². The molecule has 1 atom stereocenters. The average Bonchev–Trinajstić information content (AvgIpc) is 3.48. The molecule has 1 aliphatic heterocycles. The molecule has 1 spiro atoms. The summed E-state index contributed by atoms with van der Waals surface area (Å²) in [5.74, 6) is 0.0739. The van der Waals surface area contributed by atoms with Crippen molar-refractivity contribution in [3.63, 3.8) is 0 Å². The van der Waals surface area contributed by atoms with E-state index in [4.69, 9.17) is 0 Å². The highest BCUT2D eigenvalue weighted by Gasteiger charge is 2.57. The van der Waals surface area contributed by atoms with Crippen molar-refractivity contribution in [3.8, 4) is 0 Å². The van der Waals surface area contributed by atoms with Gasteiger partial charge in [0.05, 0.1) is 4.90 Å². The predicted molar refractivity (Wildman–Crippen MR) is 95.8 cm³/mol. The van der Waals surface area contributed by atoms with Gasteiger partial charge in [-0.25, -0.2) is 13.1 Å². The number of piperidine rings is 1. The largest absolute Gasteiger partial charge is 0.326 e. The second-order valence-corrected chi connectivity index (χ2v) is 9.42. The Morgan fingerprint density at radius 3 is 2.64 bits per heavy atom. The Labute approximate surface area is 148 Å². The highest BCUT2D eigenvalue weighted by Crippen LogP contribution is 2.58. The van der Waals surface area contributed by atoms with E-state index in [2.05, 4.69) is 15.4 Å². The van der Waals surface area contributed by atoms with E-state index < -0.39 is 10.0 Å². The van der Waals surface area contributed by atoms with Gasteiger partial charge in [0, 0.05) is 17.6 Å². The summed E-state index contributed by atoms with van der Waals surface area (Å²) in [6, 6.07) is 5.18. The van der Waals surface area contributed by atoms with Crippen LogP contribution in [0.15, 0.2) is 23.1 Å². The van der Waals surface area contributed by atoms with Crippen molar-refractivity contribution in [1.82, 2.24) is 10.0 Å². The quantitative estimate of drug-likeness (QED) is 0.744. The molecular weight excluding hydrogens is 338 g/mol. The molecule has 0 aromatic heterocycles. The summed E-state index contributed by atoms with van der Waals surface area (Å²) in [6.45, 7) is 3.73. The molecule has 0 bridgehead atoms. The molecule has 2 saturated carbocycles. The second-order valence-electron chi connectivity index (χ2n) is 7.73. The predicted octanol–water partition coefficient (Wildman–Crippen LogP) is 1.76. The standard InChI is InChI=1S/C18H25N3O3S/c1-12-2-3-14(10-16(12)25(23,24)21-13-4-5-13)20-17(22)15-11-18(15)6-8-19-9-7-18/h2-3,10,13,15,19,21H,4-9,11H2,1H3,(H,20,22). The number of anilines is 1. The molecule has 1 saturated heterocycles. The molecule has 1 aromatic carbocycles. The highest BCUT2D eigenvalue weighted by molar-refractivity contribution is 7.89. The van der Waals surface area contributed by atoms with Crippen molar-refractivity contribution in [3.05, 3.63) is 23.8 Å². The number of benzene rings is 1. The van der Waals surface area contributed by atoms with Crippen LogP contribution in [0.25, 0.3) is 0 Å². The molecule has 6 nitrogen and oxygen atoms in total. The van der Waals surface area contributed by atoms with Crippen LogP contribution >= 0.6 is 0 Å². The lowest BCUT2D eigenvalue weighted by Crippen LogP contribution is -2.31. The van der Waals surface area contributed by atoms with Gasteiger partial charge in [-0.3, -0.25) is 4.79 Å². The van der Waals surface area contributed by atoms with Crippen LogP contribution in [0.5, 0.6) is 0 Å². The molecule has 0 radical (unpaired) electrons. The van der Waals surface area contributed by atoms with E-state index in [-0.39, 0.29) is 28.2 Å². The van der Waals surface area contributed by atoms with Crippen molar-refractivity contribution in [2.24, 2.45) is 11.3 Å². The molecule has 4 rings (SSSR count). The summed E-state index contributed by atoms with van der Waals surface area (Å²) >= 11 is 0. The van der Waals surface area contributed by atoms with Crippen LogP contribution in [0.4, 0.5) is 5.69 Å². The minimum atomic E-state index is -3.53. The maximum atomic E-state index is 12.6. The Balaban J connectivity index is 1.48. The van der Waals surface area contributed by atoms with E-state index in [1.807, 2.05) is 0 Å². The maximum Gasteiger partial charge on any atom is 0.241 e. The third kappa shape index (κ3) is 3.45. The van der Waals surface area contributed by atoms with E-state index in [0.717, 1.165) is 45.2 Å². The van der Waals surface area contributed by atoms with E-state index >= 15 is 0 Å². The van der Waals surface area contributed by atoms with Gasteiger partial charge in [0.25, 0.3) is 0 Å². The van der Waals surface area contributed by atoms with Crippen molar-refractivity contribution >= 4 is 21.6 Å². The average molecular weight is 363 g/mol. The highest BCUT2D eigenvalue weighted by atomic mass is 32.2.